The van der Waals surface area contributed by atoms with E-state index < -0.39 is 17.7 Å². The van der Waals surface area contributed by atoms with Crippen molar-refractivity contribution in [3.63, 3.8) is 0 Å². The Morgan fingerprint density at radius 2 is 1.62 bits per heavy atom. The minimum atomic E-state index is -0.617. The molecule has 0 aliphatic rings. The van der Waals surface area contributed by atoms with Gasteiger partial charge < -0.3 is 4.74 Å². The van der Waals surface area contributed by atoms with Crippen LogP contribution < -0.4 is 0 Å². The molecule has 0 N–H and O–H groups in total. The molecule has 0 radical (unpaired) electrons. The summed E-state index contributed by atoms with van der Waals surface area (Å²) in [5, 5.41) is 5.94. The zero-order valence-electron chi connectivity index (χ0n) is 15.8. The van der Waals surface area contributed by atoms with Crippen molar-refractivity contribution in [2.45, 2.75) is 39.3 Å². The van der Waals surface area contributed by atoms with E-state index in [9.17, 15) is 4.79 Å². The summed E-state index contributed by atoms with van der Waals surface area (Å²) in [5.74, 6) is 0. The number of carbonyl (C=O) groups is 1. The highest BCUT2D eigenvalue weighted by Crippen LogP contribution is 2.25. The molecular formula is C22H26N2O2. The van der Waals surface area contributed by atoms with E-state index in [1.165, 1.54) is 5.01 Å². The second-order valence-electron chi connectivity index (χ2n) is 6.97. The van der Waals surface area contributed by atoms with Crippen molar-refractivity contribution in [3.8, 4) is 0 Å². The van der Waals surface area contributed by atoms with Gasteiger partial charge in [-0.1, -0.05) is 66.7 Å². The summed E-state index contributed by atoms with van der Waals surface area (Å²) in [5.41, 5.74) is 1.96. The molecule has 2 aromatic rings. The third kappa shape index (κ3) is 5.31. The van der Waals surface area contributed by atoms with E-state index in [0.29, 0.717) is 0 Å². The predicted octanol–water partition coefficient (Wildman–Crippen LogP) is 5.58. The lowest BCUT2D eigenvalue weighted by Gasteiger charge is -2.29. The molecule has 1 atom stereocenters. The van der Waals surface area contributed by atoms with Crippen molar-refractivity contribution < 1.29 is 9.53 Å². The van der Waals surface area contributed by atoms with Gasteiger partial charge in [0.25, 0.3) is 0 Å². The third-order valence-electron chi connectivity index (χ3n) is 3.66. The van der Waals surface area contributed by atoms with Crippen LogP contribution in [0, 0.1) is 0 Å². The van der Waals surface area contributed by atoms with E-state index in [2.05, 4.69) is 11.7 Å². The van der Waals surface area contributed by atoms with Crippen LogP contribution in [0.1, 0.15) is 44.9 Å². The van der Waals surface area contributed by atoms with Crippen LogP contribution in [-0.4, -0.2) is 22.4 Å². The standard InChI is InChI=1S/C22H26N2O2/c1-6-20(19-15-11-8-12-16-19)24(21(25)26-22(3,4)5)23-17(2)18-13-9-7-10-14-18/h6-16,20H,1H2,2-5H3/b23-17+. The first kappa shape index (κ1) is 19.4. The fourth-order valence-corrected chi connectivity index (χ4v) is 2.45. The molecule has 1 amide bonds. The zero-order chi connectivity index (χ0) is 19.2. The van der Waals surface area contributed by atoms with Gasteiger partial charge >= 0.3 is 6.09 Å². The topological polar surface area (TPSA) is 41.9 Å². The molecule has 0 bridgehead atoms. The predicted molar refractivity (Wildman–Crippen MR) is 106 cm³/mol. The van der Waals surface area contributed by atoms with Crippen LogP contribution in [0.15, 0.2) is 78.4 Å². The van der Waals surface area contributed by atoms with Crippen molar-refractivity contribution >= 4 is 11.8 Å². The van der Waals surface area contributed by atoms with Gasteiger partial charge in [-0.3, -0.25) is 0 Å². The summed E-state index contributed by atoms with van der Waals surface area (Å²) in [6.45, 7) is 11.3. The molecule has 0 aliphatic carbocycles. The molecular weight excluding hydrogens is 324 g/mol. The number of carbonyl (C=O) groups excluding carboxylic acids is 1. The number of ether oxygens (including phenoxy) is 1. The van der Waals surface area contributed by atoms with Gasteiger partial charge in [-0.05, 0) is 38.8 Å². The summed E-state index contributed by atoms with van der Waals surface area (Å²) in [6.07, 6.45) is 1.18. The highest BCUT2D eigenvalue weighted by atomic mass is 16.6. The largest absolute Gasteiger partial charge is 0.442 e. The molecule has 4 nitrogen and oxygen atoms in total. The first-order chi connectivity index (χ1) is 12.3. The normalized spacial score (nSPS) is 13.0. The number of benzene rings is 2. The van der Waals surface area contributed by atoms with Crippen LogP contribution in [0.4, 0.5) is 4.79 Å². The SMILES string of the molecule is C=CC(c1ccccc1)N(/N=C(\C)c1ccccc1)C(=O)OC(C)(C)C. The lowest BCUT2D eigenvalue weighted by molar-refractivity contribution is 0.0202. The maximum atomic E-state index is 12.8. The van der Waals surface area contributed by atoms with E-state index in [-0.39, 0.29) is 0 Å². The Hall–Kier alpha value is -2.88. The van der Waals surface area contributed by atoms with E-state index in [1.54, 1.807) is 6.08 Å². The average molecular weight is 350 g/mol. The lowest BCUT2D eigenvalue weighted by atomic mass is 10.1. The second-order valence-corrected chi connectivity index (χ2v) is 6.97. The van der Waals surface area contributed by atoms with Crippen molar-refractivity contribution in [3.05, 3.63) is 84.4 Å². The van der Waals surface area contributed by atoms with Crippen LogP contribution in [-0.2, 0) is 4.74 Å². The molecule has 0 spiro atoms. The molecule has 0 heterocycles. The lowest BCUT2D eigenvalue weighted by Crippen LogP contribution is -2.36. The van der Waals surface area contributed by atoms with Crippen molar-refractivity contribution in [2.75, 3.05) is 0 Å². The van der Waals surface area contributed by atoms with Crippen LogP contribution in [0.5, 0.6) is 0 Å². The molecule has 1 unspecified atom stereocenters. The molecule has 0 saturated heterocycles. The van der Waals surface area contributed by atoms with Crippen LogP contribution in [0.2, 0.25) is 0 Å². The maximum Gasteiger partial charge on any atom is 0.431 e. The summed E-state index contributed by atoms with van der Waals surface area (Å²) >= 11 is 0. The van der Waals surface area contributed by atoms with Crippen molar-refractivity contribution in [1.82, 2.24) is 5.01 Å². The quantitative estimate of drug-likeness (QED) is 0.401. The molecule has 4 heteroatoms. The van der Waals surface area contributed by atoms with Gasteiger partial charge in [0.1, 0.15) is 11.6 Å². The fourth-order valence-electron chi connectivity index (χ4n) is 2.45. The van der Waals surface area contributed by atoms with Gasteiger partial charge in [-0.2, -0.15) is 10.1 Å². The molecule has 2 rings (SSSR count). The molecule has 0 aromatic heterocycles. The monoisotopic (exact) mass is 350 g/mol. The smallest absolute Gasteiger partial charge is 0.431 e. The first-order valence-electron chi connectivity index (χ1n) is 8.62. The summed E-state index contributed by atoms with van der Waals surface area (Å²) in [4.78, 5) is 12.8. The summed E-state index contributed by atoms with van der Waals surface area (Å²) in [6, 6.07) is 19.0. The average Bonchev–Trinajstić information content (AvgIpc) is 2.61. The molecule has 2 aromatic carbocycles. The second kappa shape index (κ2) is 8.48. The van der Waals surface area contributed by atoms with Crippen molar-refractivity contribution in [1.29, 1.82) is 0 Å². The highest BCUT2D eigenvalue weighted by molar-refractivity contribution is 5.99. The molecule has 0 saturated carbocycles. The molecule has 0 fully saturated rings. The van der Waals surface area contributed by atoms with Gasteiger partial charge in [-0.15, -0.1) is 6.58 Å². The van der Waals surface area contributed by atoms with Gasteiger partial charge in [0.15, 0.2) is 0 Å². The Kier molecular flexibility index (Phi) is 6.34. The zero-order valence-corrected chi connectivity index (χ0v) is 15.8. The number of hydrazone groups is 1. The third-order valence-corrected chi connectivity index (χ3v) is 3.66. The number of hydrogen-bond donors (Lipinski definition) is 0. The Bertz CT molecular complexity index is 762. The van der Waals surface area contributed by atoms with Gasteiger partial charge in [-0.25, -0.2) is 4.79 Å². The first-order valence-corrected chi connectivity index (χ1v) is 8.62. The van der Waals surface area contributed by atoms with Crippen LogP contribution >= 0.6 is 0 Å². The Balaban J connectivity index is 2.44. The van der Waals surface area contributed by atoms with Gasteiger partial charge in [0.2, 0.25) is 0 Å². The van der Waals surface area contributed by atoms with E-state index in [1.807, 2.05) is 88.4 Å². The number of rotatable bonds is 5. The minimum Gasteiger partial charge on any atom is -0.442 e. The number of amides is 1. The van der Waals surface area contributed by atoms with E-state index >= 15 is 0 Å². The maximum absolute atomic E-state index is 12.8. The van der Waals surface area contributed by atoms with Gasteiger partial charge in [0, 0.05) is 0 Å². The van der Waals surface area contributed by atoms with Crippen LogP contribution in [0.25, 0.3) is 0 Å². The van der Waals surface area contributed by atoms with Crippen molar-refractivity contribution in [2.24, 2.45) is 5.10 Å². The molecule has 136 valence electrons. The van der Waals surface area contributed by atoms with E-state index in [4.69, 9.17) is 4.74 Å². The Morgan fingerprint density at radius 1 is 1.08 bits per heavy atom. The minimum absolute atomic E-state index is 0.426. The Labute approximate surface area is 155 Å². The molecule has 0 aliphatic heterocycles. The van der Waals surface area contributed by atoms with Crippen LogP contribution in [0.3, 0.4) is 0 Å². The number of hydrogen-bond acceptors (Lipinski definition) is 3. The number of nitrogens with zero attached hydrogens (tertiary/aromatic N) is 2. The van der Waals surface area contributed by atoms with E-state index in [0.717, 1.165) is 16.8 Å². The Morgan fingerprint density at radius 3 is 2.12 bits per heavy atom. The summed E-state index contributed by atoms with van der Waals surface area (Å²) in [7, 11) is 0. The van der Waals surface area contributed by atoms with Gasteiger partial charge in [0.05, 0.1) is 5.71 Å². The highest BCUT2D eigenvalue weighted by Gasteiger charge is 2.28. The summed E-state index contributed by atoms with van der Waals surface area (Å²) < 4.78 is 5.57. The molecule has 26 heavy (non-hydrogen) atoms. The fraction of sp³-hybridized carbons (Fsp3) is 0.273.